The fraction of sp³-hybridized carbons (Fsp3) is 0.400. The number of methoxy groups -OCH3 is 2. The zero-order valence-electron chi connectivity index (χ0n) is 14.8. The predicted molar refractivity (Wildman–Crippen MR) is 97.3 cm³/mol. The van der Waals surface area contributed by atoms with Gasteiger partial charge in [-0.1, -0.05) is 18.2 Å². The molecule has 1 saturated heterocycles. The van der Waals surface area contributed by atoms with Gasteiger partial charge in [0.25, 0.3) is 0 Å². The van der Waals surface area contributed by atoms with Crippen molar-refractivity contribution in [3.05, 3.63) is 53.6 Å². The van der Waals surface area contributed by atoms with Gasteiger partial charge < -0.3 is 19.3 Å². The summed E-state index contributed by atoms with van der Waals surface area (Å²) < 4.78 is 10.8. The number of quaternary nitrogens is 1. The summed E-state index contributed by atoms with van der Waals surface area (Å²) in [6, 6.07) is 14.8. The quantitative estimate of drug-likeness (QED) is 0.909. The molecule has 0 unspecified atom stereocenters. The lowest BCUT2D eigenvalue weighted by molar-refractivity contribution is -0.914. The smallest absolute Gasteiger partial charge is 0.123 e. The molecule has 4 heteroatoms. The van der Waals surface area contributed by atoms with E-state index < -0.39 is 0 Å². The van der Waals surface area contributed by atoms with Gasteiger partial charge in [-0.3, -0.25) is 0 Å². The SMILES string of the molecule is COc1cc(C[NH+]2CCN(c3ccccc3C)CC2)cc(OC)c1. The molecule has 2 aromatic rings. The molecule has 4 nitrogen and oxygen atoms in total. The number of ether oxygens (including phenoxy) is 2. The Morgan fingerprint density at radius 3 is 2.17 bits per heavy atom. The maximum Gasteiger partial charge on any atom is 0.123 e. The highest BCUT2D eigenvalue weighted by atomic mass is 16.5. The number of para-hydroxylation sites is 1. The van der Waals surface area contributed by atoms with Crippen LogP contribution in [0.4, 0.5) is 5.69 Å². The zero-order valence-corrected chi connectivity index (χ0v) is 14.8. The van der Waals surface area contributed by atoms with Crippen LogP contribution in [-0.4, -0.2) is 40.4 Å². The Labute approximate surface area is 144 Å². The van der Waals surface area contributed by atoms with E-state index in [1.54, 1.807) is 19.1 Å². The van der Waals surface area contributed by atoms with Crippen LogP contribution in [0.1, 0.15) is 11.1 Å². The second kappa shape index (κ2) is 7.58. The van der Waals surface area contributed by atoms with Crippen LogP contribution in [0.15, 0.2) is 42.5 Å². The minimum Gasteiger partial charge on any atom is -0.497 e. The Balaban J connectivity index is 1.62. The number of hydrogen-bond donors (Lipinski definition) is 1. The molecular weight excluding hydrogens is 300 g/mol. The van der Waals surface area contributed by atoms with Crippen molar-refractivity contribution in [1.29, 1.82) is 0 Å². The molecule has 24 heavy (non-hydrogen) atoms. The van der Waals surface area contributed by atoms with Crippen LogP contribution < -0.4 is 19.3 Å². The van der Waals surface area contributed by atoms with Gasteiger partial charge in [-0.2, -0.15) is 0 Å². The summed E-state index contributed by atoms with van der Waals surface area (Å²) in [5.74, 6) is 1.73. The molecule has 0 atom stereocenters. The normalized spacial score (nSPS) is 15.4. The van der Waals surface area contributed by atoms with Gasteiger partial charge in [0.1, 0.15) is 18.0 Å². The highest BCUT2D eigenvalue weighted by Crippen LogP contribution is 2.22. The summed E-state index contributed by atoms with van der Waals surface area (Å²) in [7, 11) is 3.40. The molecule has 1 aliphatic rings. The van der Waals surface area contributed by atoms with E-state index in [0.717, 1.165) is 44.2 Å². The average Bonchev–Trinajstić information content (AvgIpc) is 2.62. The number of benzene rings is 2. The van der Waals surface area contributed by atoms with Crippen LogP contribution in [0.2, 0.25) is 0 Å². The van der Waals surface area contributed by atoms with Crippen molar-refractivity contribution in [1.82, 2.24) is 0 Å². The lowest BCUT2D eigenvalue weighted by atomic mass is 10.1. The van der Waals surface area contributed by atoms with E-state index in [9.17, 15) is 0 Å². The van der Waals surface area contributed by atoms with Crippen molar-refractivity contribution in [2.75, 3.05) is 45.3 Å². The van der Waals surface area contributed by atoms with Crippen LogP contribution in [0.3, 0.4) is 0 Å². The predicted octanol–water partition coefficient (Wildman–Crippen LogP) is 1.92. The largest absolute Gasteiger partial charge is 0.497 e. The van der Waals surface area contributed by atoms with Crippen molar-refractivity contribution in [3.63, 3.8) is 0 Å². The molecule has 0 saturated carbocycles. The summed E-state index contributed by atoms with van der Waals surface area (Å²) >= 11 is 0. The van der Waals surface area contributed by atoms with E-state index in [0.29, 0.717) is 0 Å². The molecule has 1 fully saturated rings. The third kappa shape index (κ3) is 3.82. The molecular formula is C20H27N2O2+. The van der Waals surface area contributed by atoms with Gasteiger partial charge in [-0.15, -0.1) is 0 Å². The standard InChI is InChI=1S/C20H26N2O2/c1-16-6-4-5-7-20(16)22-10-8-21(9-11-22)15-17-12-18(23-2)14-19(13-17)24-3/h4-7,12-14H,8-11,15H2,1-3H3/p+1. The van der Waals surface area contributed by atoms with Crippen LogP contribution in [-0.2, 0) is 6.54 Å². The van der Waals surface area contributed by atoms with E-state index >= 15 is 0 Å². The van der Waals surface area contributed by atoms with Crippen LogP contribution >= 0.6 is 0 Å². The molecule has 0 aromatic heterocycles. The first-order valence-electron chi connectivity index (χ1n) is 8.55. The molecule has 0 bridgehead atoms. The molecule has 0 spiro atoms. The number of anilines is 1. The van der Waals surface area contributed by atoms with Gasteiger partial charge in [-0.25, -0.2) is 0 Å². The van der Waals surface area contributed by atoms with Crippen molar-refractivity contribution >= 4 is 5.69 Å². The molecule has 0 amide bonds. The van der Waals surface area contributed by atoms with Crippen molar-refractivity contribution < 1.29 is 14.4 Å². The van der Waals surface area contributed by atoms with E-state index in [4.69, 9.17) is 9.47 Å². The Bertz CT molecular complexity index is 657. The second-order valence-corrected chi connectivity index (χ2v) is 6.42. The average molecular weight is 327 g/mol. The molecule has 0 aliphatic carbocycles. The first-order valence-corrected chi connectivity index (χ1v) is 8.55. The molecule has 1 heterocycles. The molecule has 0 radical (unpaired) electrons. The molecule has 3 rings (SSSR count). The molecule has 1 N–H and O–H groups in total. The minimum atomic E-state index is 0.863. The fourth-order valence-corrected chi connectivity index (χ4v) is 3.42. The van der Waals surface area contributed by atoms with Gasteiger partial charge in [0.2, 0.25) is 0 Å². The topological polar surface area (TPSA) is 26.1 Å². The number of piperazine rings is 1. The third-order valence-electron chi connectivity index (χ3n) is 4.79. The molecule has 1 aliphatic heterocycles. The highest BCUT2D eigenvalue weighted by molar-refractivity contribution is 5.53. The summed E-state index contributed by atoms with van der Waals surface area (Å²) in [6.45, 7) is 7.69. The lowest BCUT2D eigenvalue weighted by Crippen LogP contribution is -3.13. The summed E-state index contributed by atoms with van der Waals surface area (Å²) in [5, 5.41) is 0. The zero-order chi connectivity index (χ0) is 16.9. The fourth-order valence-electron chi connectivity index (χ4n) is 3.42. The van der Waals surface area contributed by atoms with E-state index in [1.807, 2.05) is 6.07 Å². The van der Waals surface area contributed by atoms with Crippen molar-refractivity contribution in [3.8, 4) is 11.5 Å². The van der Waals surface area contributed by atoms with E-state index in [2.05, 4.69) is 48.2 Å². The van der Waals surface area contributed by atoms with Gasteiger partial charge in [0.05, 0.1) is 40.4 Å². The van der Waals surface area contributed by atoms with E-state index in [1.165, 1.54) is 16.8 Å². The Morgan fingerprint density at radius 1 is 0.958 bits per heavy atom. The maximum atomic E-state index is 5.38. The van der Waals surface area contributed by atoms with Gasteiger partial charge >= 0.3 is 0 Å². The van der Waals surface area contributed by atoms with Gasteiger partial charge in [0.15, 0.2) is 0 Å². The Kier molecular flexibility index (Phi) is 5.26. The molecule has 128 valence electrons. The van der Waals surface area contributed by atoms with Gasteiger partial charge in [-0.05, 0) is 30.7 Å². The van der Waals surface area contributed by atoms with Crippen LogP contribution in [0.5, 0.6) is 11.5 Å². The first kappa shape index (κ1) is 16.7. The maximum absolute atomic E-state index is 5.38. The van der Waals surface area contributed by atoms with Crippen molar-refractivity contribution in [2.45, 2.75) is 13.5 Å². The number of rotatable bonds is 5. The summed E-state index contributed by atoms with van der Waals surface area (Å²) in [4.78, 5) is 4.11. The second-order valence-electron chi connectivity index (χ2n) is 6.42. The van der Waals surface area contributed by atoms with Crippen molar-refractivity contribution in [2.24, 2.45) is 0 Å². The van der Waals surface area contributed by atoms with E-state index in [-0.39, 0.29) is 0 Å². The van der Waals surface area contributed by atoms with Crippen LogP contribution in [0.25, 0.3) is 0 Å². The number of hydrogen-bond acceptors (Lipinski definition) is 3. The first-order chi connectivity index (χ1) is 11.7. The summed E-state index contributed by atoms with van der Waals surface area (Å²) in [5.41, 5.74) is 4.00. The summed E-state index contributed by atoms with van der Waals surface area (Å²) in [6.07, 6.45) is 0. The monoisotopic (exact) mass is 327 g/mol. The van der Waals surface area contributed by atoms with Crippen LogP contribution in [0, 0.1) is 6.92 Å². The number of nitrogens with one attached hydrogen (secondary N) is 1. The third-order valence-corrected chi connectivity index (χ3v) is 4.79. The highest BCUT2D eigenvalue weighted by Gasteiger charge is 2.21. The Hall–Kier alpha value is -2.20. The number of aryl methyl sites for hydroxylation is 1. The minimum absolute atomic E-state index is 0.863. The molecule has 2 aromatic carbocycles. The Morgan fingerprint density at radius 2 is 1.58 bits per heavy atom. The number of nitrogens with zero attached hydrogens (tertiary/aromatic N) is 1. The van der Waals surface area contributed by atoms with Gasteiger partial charge in [0, 0.05) is 17.3 Å². The lowest BCUT2D eigenvalue weighted by Gasteiger charge is -2.34.